The highest BCUT2D eigenvalue weighted by molar-refractivity contribution is 5.90. The van der Waals surface area contributed by atoms with Gasteiger partial charge in [0.25, 0.3) is 0 Å². The summed E-state index contributed by atoms with van der Waals surface area (Å²) in [4.78, 5) is 14.8. The quantitative estimate of drug-likeness (QED) is 0.860. The van der Waals surface area contributed by atoms with Crippen LogP contribution >= 0.6 is 0 Å². The van der Waals surface area contributed by atoms with Crippen molar-refractivity contribution in [2.45, 2.75) is 12.8 Å². The van der Waals surface area contributed by atoms with Crippen LogP contribution in [0.15, 0.2) is 42.6 Å². The standard InChI is InChI=1S/C14H13N3O/c15-10-11-3-1-4-13(9-11)17-14(18)7-6-12-5-2-8-16-12/h1-5,8-9,16H,6-7H2,(H,17,18). The number of aryl methyl sites for hydroxylation is 1. The molecule has 0 aliphatic heterocycles. The summed E-state index contributed by atoms with van der Waals surface area (Å²) in [5, 5.41) is 11.5. The fourth-order valence-corrected chi connectivity index (χ4v) is 1.66. The summed E-state index contributed by atoms with van der Waals surface area (Å²) < 4.78 is 0. The number of nitrogens with one attached hydrogen (secondary N) is 2. The lowest BCUT2D eigenvalue weighted by Crippen LogP contribution is -2.12. The molecule has 0 spiro atoms. The average Bonchev–Trinajstić information content (AvgIpc) is 2.90. The Balaban J connectivity index is 1.89. The molecule has 90 valence electrons. The maximum absolute atomic E-state index is 11.7. The van der Waals surface area contributed by atoms with Gasteiger partial charge in [0.2, 0.25) is 5.91 Å². The zero-order valence-corrected chi connectivity index (χ0v) is 9.81. The molecule has 0 fully saturated rings. The van der Waals surface area contributed by atoms with Crippen LogP contribution in [0.3, 0.4) is 0 Å². The third-order valence-corrected chi connectivity index (χ3v) is 2.56. The molecule has 0 radical (unpaired) electrons. The number of aromatic amines is 1. The minimum atomic E-state index is -0.0558. The Kier molecular flexibility index (Phi) is 3.77. The molecule has 4 nitrogen and oxygen atoms in total. The molecule has 1 aromatic heterocycles. The number of nitrogens with zero attached hydrogens (tertiary/aromatic N) is 1. The molecule has 2 aromatic rings. The molecule has 4 heteroatoms. The predicted octanol–water partition coefficient (Wildman–Crippen LogP) is 2.46. The maximum Gasteiger partial charge on any atom is 0.224 e. The van der Waals surface area contributed by atoms with Crippen molar-refractivity contribution in [3.05, 3.63) is 53.9 Å². The number of carbonyl (C=O) groups excluding carboxylic acids is 1. The largest absolute Gasteiger partial charge is 0.365 e. The van der Waals surface area contributed by atoms with Crippen molar-refractivity contribution in [3.63, 3.8) is 0 Å². The van der Waals surface area contributed by atoms with Crippen LogP contribution in [-0.4, -0.2) is 10.9 Å². The average molecular weight is 239 g/mol. The molecule has 0 saturated heterocycles. The van der Waals surface area contributed by atoms with E-state index in [0.29, 0.717) is 24.1 Å². The van der Waals surface area contributed by atoms with E-state index in [1.165, 1.54) is 0 Å². The SMILES string of the molecule is N#Cc1cccc(NC(=O)CCc2ccc[nH]2)c1. The van der Waals surface area contributed by atoms with Crippen LogP contribution in [0.1, 0.15) is 17.7 Å². The highest BCUT2D eigenvalue weighted by Gasteiger charge is 2.04. The van der Waals surface area contributed by atoms with Crippen molar-refractivity contribution in [2.24, 2.45) is 0 Å². The maximum atomic E-state index is 11.7. The summed E-state index contributed by atoms with van der Waals surface area (Å²) in [6.45, 7) is 0. The predicted molar refractivity (Wildman–Crippen MR) is 68.9 cm³/mol. The number of benzene rings is 1. The Bertz CT molecular complexity index is 567. The molecular weight excluding hydrogens is 226 g/mol. The Morgan fingerprint density at radius 2 is 2.22 bits per heavy atom. The smallest absolute Gasteiger partial charge is 0.224 e. The number of amides is 1. The third-order valence-electron chi connectivity index (χ3n) is 2.56. The first-order chi connectivity index (χ1) is 8.78. The van der Waals surface area contributed by atoms with Crippen LogP contribution in [0.4, 0.5) is 5.69 Å². The topological polar surface area (TPSA) is 68.7 Å². The summed E-state index contributed by atoms with van der Waals surface area (Å²) in [5.74, 6) is -0.0558. The second-order valence-electron chi connectivity index (χ2n) is 3.94. The lowest BCUT2D eigenvalue weighted by Gasteiger charge is -2.04. The van der Waals surface area contributed by atoms with Gasteiger partial charge in [-0.1, -0.05) is 6.07 Å². The van der Waals surface area contributed by atoms with Gasteiger partial charge in [-0.2, -0.15) is 5.26 Å². The van der Waals surface area contributed by atoms with E-state index < -0.39 is 0 Å². The number of H-pyrrole nitrogens is 1. The molecule has 0 unspecified atom stereocenters. The summed E-state index contributed by atoms with van der Waals surface area (Å²) in [6, 6.07) is 12.8. The van der Waals surface area contributed by atoms with E-state index >= 15 is 0 Å². The van der Waals surface area contributed by atoms with E-state index in [0.717, 1.165) is 5.69 Å². The summed E-state index contributed by atoms with van der Waals surface area (Å²) in [6.07, 6.45) is 2.93. The van der Waals surface area contributed by atoms with Gasteiger partial charge in [0.1, 0.15) is 0 Å². The first kappa shape index (κ1) is 11.9. The van der Waals surface area contributed by atoms with Crippen LogP contribution < -0.4 is 5.32 Å². The van der Waals surface area contributed by atoms with E-state index in [-0.39, 0.29) is 5.91 Å². The van der Waals surface area contributed by atoms with Crippen LogP contribution in [0, 0.1) is 11.3 Å². The van der Waals surface area contributed by atoms with Crippen LogP contribution in [0.25, 0.3) is 0 Å². The number of nitriles is 1. The minimum Gasteiger partial charge on any atom is -0.365 e. The Morgan fingerprint density at radius 1 is 1.33 bits per heavy atom. The number of aromatic nitrogens is 1. The van der Waals surface area contributed by atoms with Gasteiger partial charge in [0.05, 0.1) is 11.6 Å². The van der Waals surface area contributed by atoms with E-state index in [9.17, 15) is 4.79 Å². The van der Waals surface area contributed by atoms with Crippen molar-refractivity contribution < 1.29 is 4.79 Å². The van der Waals surface area contributed by atoms with E-state index in [1.807, 2.05) is 24.4 Å². The number of rotatable bonds is 4. The van der Waals surface area contributed by atoms with Gasteiger partial charge in [-0.15, -0.1) is 0 Å². The van der Waals surface area contributed by atoms with Gasteiger partial charge in [0, 0.05) is 24.0 Å². The van der Waals surface area contributed by atoms with Crippen molar-refractivity contribution >= 4 is 11.6 Å². The second-order valence-corrected chi connectivity index (χ2v) is 3.94. The Hall–Kier alpha value is -2.54. The second kappa shape index (κ2) is 5.69. The summed E-state index contributed by atoms with van der Waals surface area (Å²) in [5.41, 5.74) is 2.23. The van der Waals surface area contributed by atoms with Crippen molar-refractivity contribution in [1.29, 1.82) is 5.26 Å². The molecule has 1 amide bonds. The fraction of sp³-hybridized carbons (Fsp3) is 0.143. The van der Waals surface area contributed by atoms with Gasteiger partial charge in [-0.05, 0) is 36.8 Å². The van der Waals surface area contributed by atoms with Crippen LogP contribution in [0.5, 0.6) is 0 Å². The molecule has 0 aliphatic carbocycles. The normalized spacial score (nSPS) is 9.72. The molecule has 2 rings (SSSR count). The van der Waals surface area contributed by atoms with E-state index in [1.54, 1.807) is 24.3 Å². The van der Waals surface area contributed by atoms with Crippen molar-refractivity contribution in [2.75, 3.05) is 5.32 Å². The molecule has 0 atom stereocenters. The number of carbonyl (C=O) groups is 1. The highest BCUT2D eigenvalue weighted by Crippen LogP contribution is 2.10. The van der Waals surface area contributed by atoms with Gasteiger partial charge in [0.15, 0.2) is 0 Å². The molecule has 1 heterocycles. The van der Waals surface area contributed by atoms with Crippen molar-refractivity contribution in [1.82, 2.24) is 4.98 Å². The number of hydrogen-bond acceptors (Lipinski definition) is 2. The molecular formula is C14H13N3O. The number of hydrogen-bond donors (Lipinski definition) is 2. The lowest BCUT2D eigenvalue weighted by molar-refractivity contribution is -0.116. The van der Waals surface area contributed by atoms with E-state index in [4.69, 9.17) is 5.26 Å². The van der Waals surface area contributed by atoms with Gasteiger partial charge < -0.3 is 10.3 Å². The Labute approximate surface area is 105 Å². The Morgan fingerprint density at radius 3 is 2.94 bits per heavy atom. The van der Waals surface area contributed by atoms with Gasteiger partial charge >= 0.3 is 0 Å². The fourth-order valence-electron chi connectivity index (χ4n) is 1.66. The molecule has 2 N–H and O–H groups in total. The molecule has 0 aliphatic rings. The van der Waals surface area contributed by atoms with Gasteiger partial charge in [-0.25, -0.2) is 0 Å². The monoisotopic (exact) mass is 239 g/mol. The zero-order valence-electron chi connectivity index (χ0n) is 9.81. The van der Waals surface area contributed by atoms with E-state index in [2.05, 4.69) is 10.3 Å². The van der Waals surface area contributed by atoms with Crippen LogP contribution in [0.2, 0.25) is 0 Å². The summed E-state index contributed by atoms with van der Waals surface area (Å²) >= 11 is 0. The van der Waals surface area contributed by atoms with Gasteiger partial charge in [-0.3, -0.25) is 4.79 Å². The first-order valence-electron chi connectivity index (χ1n) is 5.70. The molecule has 0 saturated carbocycles. The van der Waals surface area contributed by atoms with Crippen molar-refractivity contribution in [3.8, 4) is 6.07 Å². The summed E-state index contributed by atoms with van der Waals surface area (Å²) in [7, 11) is 0. The zero-order chi connectivity index (χ0) is 12.8. The number of anilines is 1. The first-order valence-corrected chi connectivity index (χ1v) is 5.70. The lowest BCUT2D eigenvalue weighted by atomic mass is 10.2. The van der Waals surface area contributed by atoms with Crippen LogP contribution in [-0.2, 0) is 11.2 Å². The highest BCUT2D eigenvalue weighted by atomic mass is 16.1. The molecule has 0 bridgehead atoms. The third kappa shape index (κ3) is 3.22. The molecule has 18 heavy (non-hydrogen) atoms. The molecule has 1 aromatic carbocycles. The minimum absolute atomic E-state index is 0.0558.